The average Bonchev–Trinajstić information content (AvgIpc) is 3.20. The van der Waals surface area contributed by atoms with E-state index in [-0.39, 0.29) is 29.7 Å². The van der Waals surface area contributed by atoms with Gasteiger partial charge < -0.3 is 35.4 Å². The van der Waals surface area contributed by atoms with E-state index < -0.39 is 17.5 Å². The third kappa shape index (κ3) is 7.44. The van der Waals surface area contributed by atoms with Gasteiger partial charge in [-0.2, -0.15) is 0 Å². The Labute approximate surface area is 322 Å². The molecule has 1 aliphatic carbocycles. The summed E-state index contributed by atoms with van der Waals surface area (Å²) in [5.41, 5.74) is 5.12. The molecular weight excluding hydrogens is 693 g/mol. The van der Waals surface area contributed by atoms with E-state index in [1.165, 1.54) is 30.5 Å². The van der Waals surface area contributed by atoms with Crippen molar-refractivity contribution in [2.45, 2.75) is 88.7 Å². The predicted octanol–water partition coefficient (Wildman–Crippen LogP) is 6.21. The molecule has 10 nitrogen and oxygen atoms in total. The van der Waals surface area contributed by atoms with E-state index in [0.717, 1.165) is 87.0 Å². The number of hydrogen-bond donors (Lipinski definition) is 5. The number of aromatic hydroxyl groups is 1. The number of nitrogens with zero attached hydrogens (tertiary/aromatic N) is 2. The maximum Gasteiger partial charge on any atom is 0.314 e. The maximum absolute atomic E-state index is 13.3. The van der Waals surface area contributed by atoms with Crippen molar-refractivity contribution in [3.05, 3.63) is 105 Å². The molecule has 5 heterocycles. The van der Waals surface area contributed by atoms with Crippen molar-refractivity contribution in [2.75, 3.05) is 37.6 Å². The van der Waals surface area contributed by atoms with Crippen molar-refractivity contribution in [1.29, 1.82) is 0 Å². The zero-order valence-corrected chi connectivity index (χ0v) is 31.6. The highest BCUT2D eigenvalue weighted by Crippen LogP contribution is 2.52. The van der Waals surface area contributed by atoms with Crippen LogP contribution in [0.4, 0.5) is 5.69 Å². The van der Waals surface area contributed by atoms with Crippen LogP contribution in [0, 0.1) is 17.8 Å². The van der Waals surface area contributed by atoms with Crippen molar-refractivity contribution in [3.63, 3.8) is 0 Å². The molecule has 4 aliphatic heterocycles. The van der Waals surface area contributed by atoms with E-state index in [1.807, 2.05) is 17.0 Å². The summed E-state index contributed by atoms with van der Waals surface area (Å²) in [4.78, 5) is 45.4. The quantitative estimate of drug-likeness (QED) is 0.102. The maximum atomic E-state index is 13.3. The topological polar surface area (TPSA) is 146 Å². The highest BCUT2D eigenvalue weighted by atomic mass is 16.4. The van der Waals surface area contributed by atoms with Gasteiger partial charge in [0.1, 0.15) is 5.75 Å². The number of carboxylic acids is 1. The molecule has 3 aromatic carbocycles. The molecule has 5 aliphatic rings. The van der Waals surface area contributed by atoms with Crippen LogP contribution in [0.2, 0.25) is 0 Å². The number of anilines is 1. The number of aliphatic hydroxyl groups is 1. The number of unbranched alkanes of at least 4 members (excludes halogenated alkanes) is 1. The van der Waals surface area contributed by atoms with E-state index >= 15 is 0 Å². The molecule has 4 aromatic rings. The van der Waals surface area contributed by atoms with Gasteiger partial charge in [-0.05, 0) is 128 Å². The number of benzene rings is 3. The zero-order chi connectivity index (χ0) is 38.1. The van der Waals surface area contributed by atoms with Crippen LogP contribution in [0.15, 0.2) is 71.5 Å². The number of fused-ring (bicyclic) bond motifs is 5. The summed E-state index contributed by atoms with van der Waals surface area (Å²) in [7, 11) is 0. The highest BCUT2D eigenvalue weighted by molar-refractivity contribution is 5.96. The molecule has 5 N–H and O–H groups in total. The summed E-state index contributed by atoms with van der Waals surface area (Å²) in [5.74, 6) is 0.739. The summed E-state index contributed by atoms with van der Waals surface area (Å²) in [6, 6.07) is 20.8. The number of aromatic nitrogens is 1. The Balaban J connectivity index is 0.878. The molecular formula is C45H54N4O6. The van der Waals surface area contributed by atoms with E-state index in [4.69, 9.17) is 0 Å². The molecule has 290 valence electrons. The lowest BCUT2D eigenvalue weighted by Crippen LogP contribution is -2.56. The minimum Gasteiger partial charge on any atom is -0.506 e. The Morgan fingerprint density at radius 2 is 1.80 bits per heavy atom. The number of phenols is 1. The predicted molar refractivity (Wildman–Crippen MR) is 213 cm³/mol. The van der Waals surface area contributed by atoms with Gasteiger partial charge >= 0.3 is 5.97 Å². The van der Waals surface area contributed by atoms with Gasteiger partial charge in [-0.15, -0.1) is 0 Å². The third-order valence-corrected chi connectivity index (χ3v) is 13.4. The van der Waals surface area contributed by atoms with Crippen LogP contribution in [0.3, 0.4) is 0 Å². The molecule has 3 unspecified atom stereocenters. The van der Waals surface area contributed by atoms with E-state index in [9.17, 15) is 29.7 Å². The van der Waals surface area contributed by atoms with E-state index in [1.54, 1.807) is 12.1 Å². The van der Waals surface area contributed by atoms with Crippen molar-refractivity contribution >= 4 is 28.5 Å². The normalized spacial score (nSPS) is 25.5. The Morgan fingerprint density at radius 1 is 0.945 bits per heavy atom. The van der Waals surface area contributed by atoms with Crippen LogP contribution in [-0.2, 0) is 34.4 Å². The summed E-state index contributed by atoms with van der Waals surface area (Å²) in [6.07, 6.45) is 9.13. The number of pyridine rings is 1. The molecule has 10 heteroatoms. The molecule has 0 radical (unpaired) electrons. The number of amides is 1. The standard InChI is InChI=1S/C45H54N4O6/c50-39-15-12-34(35-13-16-41(52)47-43(35)39)40(51)27-46-26-30-10-14-38-32(24-30)11-17-42(53)49(38)21-4-2-6-29-7-5-8-33(25-29)45(44(54)55)20-3-1-9-37(45)36-28-48-22-18-31(36)19-23-48/h5,7-8,10,12-16,24-25,31,36-37,40,46,50-51H,1-4,6,9,11,17-23,26-28H2,(H,47,52)(H,54,55)/t36?,37?,40-,45?/m0/s1. The molecule has 3 saturated heterocycles. The van der Waals surface area contributed by atoms with Gasteiger partial charge in [-0.3, -0.25) is 14.4 Å². The van der Waals surface area contributed by atoms with Crippen LogP contribution >= 0.6 is 0 Å². The Hall–Kier alpha value is -4.51. The SMILES string of the molecule is O=C1CCc2cc(CNC[C@H](O)c3ccc(O)c4[nH]c(=O)ccc34)ccc2N1CCCCc1cccc(C2(C(=O)O)CCCCC2C2CN3CCC2CC3)c1. The van der Waals surface area contributed by atoms with Gasteiger partial charge in [0.15, 0.2) is 0 Å². The molecule has 0 spiro atoms. The lowest BCUT2D eigenvalue weighted by molar-refractivity contribution is -0.151. The smallest absolute Gasteiger partial charge is 0.314 e. The highest BCUT2D eigenvalue weighted by Gasteiger charge is 2.54. The van der Waals surface area contributed by atoms with Crippen LogP contribution in [0.5, 0.6) is 5.75 Å². The van der Waals surface area contributed by atoms with Crippen LogP contribution < -0.4 is 15.8 Å². The Morgan fingerprint density at radius 3 is 2.60 bits per heavy atom. The van der Waals surface area contributed by atoms with Crippen molar-refractivity contribution in [1.82, 2.24) is 15.2 Å². The monoisotopic (exact) mass is 746 g/mol. The van der Waals surface area contributed by atoms with Gasteiger partial charge in [-0.25, -0.2) is 0 Å². The fourth-order valence-electron chi connectivity index (χ4n) is 10.6. The molecule has 4 fully saturated rings. The van der Waals surface area contributed by atoms with Crippen LogP contribution in [-0.4, -0.2) is 69.8 Å². The number of carboxylic acid groups (broad SMARTS) is 1. The lowest BCUT2D eigenvalue weighted by Gasteiger charge is -2.53. The van der Waals surface area contributed by atoms with Gasteiger partial charge in [0.2, 0.25) is 11.5 Å². The van der Waals surface area contributed by atoms with Crippen molar-refractivity contribution < 1.29 is 24.9 Å². The summed E-state index contributed by atoms with van der Waals surface area (Å²) in [5, 5.41) is 36.0. The zero-order valence-electron chi connectivity index (χ0n) is 31.6. The number of carbonyl (C=O) groups is 2. The third-order valence-electron chi connectivity index (χ3n) is 13.4. The number of rotatable bonds is 13. The molecule has 2 bridgehead atoms. The first kappa shape index (κ1) is 37.4. The molecule has 9 rings (SSSR count). The molecule has 1 aromatic heterocycles. The van der Waals surface area contributed by atoms with Crippen molar-refractivity contribution in [2.24, 2.45) is 17.8 Å². The minimum atomic E-state index is -0.848. The number of aromatic amines is 1. The fraction of sp³-hybridized carbons (Fsp3) is 0.489. The van der Waals surface area contributed by atoms with Gasteiger partial charge in [0.25, 0.3) is 0 Å². The minimum absolute atomic E-state index is 0.0409. The molecule has 55 heavy (non-hydrogen) atoms. The number of carbonyl (C=O) groups excluding carboxylic acids is 1. The van der Waals surface area contributed by atoms with Gasteiger partial charge in [0, 0.05) is 49.7 Å². The van der Waals surface area contributed by atoms with E-state index in [0.29, 0.717) is 54.2 Å². The molecule has 1 amide bonds. The largest absolute Gasteiger partial charge is 0.506 e. The van der Waals surface area contributed by atoms with Gasteiger partial charge in [0.05, 0.1) is 17.0 Å². The number of aliphatic hydroxyl groups excluding tert-OH is 1. The number of hydrogen-bond acceptors (Lipinski definition) is 7. The number of H-pyrrole nitrogens is 1. The molecule has 1 saturated carbocycles. The second-order valence-electron chi connectivity index (χ2n) is 16.5. The average molecular weight is 747 g/mol. The summed E-state index contributed by atoms with van der Waals surface area (Å²) >= 11 is 0. The number of phenolic OH excluding ortho intramolecular Hbond substituents is 1. The second-order valence-corrected chi connectivity index (χ2v) is 16.5. The second kappa shape index (κ2) is 15.9. The summed E-state index contributed by atoms with van der Waals surface area (Å²) < 4.78 is 0. The van der Waals surface area contributed by atoms with Crippen LogP contribution in [0.1, 0.15) is 91.7 Å². The van der Waals surface area contributed by atoms with Crippen LogP contribution in [0.25, 0.3) is 10.9 Å². The first-order valence-electron chi connectivity index (χ1n) is 20.4. The van der Waals surface area contributed by atoms with Crippen molar-refractivity contribution in [3.8, 4) is 5.75 Å². The number of aryl methyl sites for hydroxylation is 2. The molecule has 4 atom stereocenters. The van der Waals surface area contributed by atoms with Gasteiger partial charge in [-0.1, -0.05) is 55.3 Å². The number of piperidine rings is 3. The number of nitrogens with one attached hydrogen (secondary N) is 2. The summed E-state index contributed by atoms with van der Waals surface area (Å²) in [6.45, 7) is 4.83. The Kier molecular flexibility index (Phi) is 10.8. The first-order chi connectivity index (χ1) is 26.7. The lowest BCUT2D eigenvalue weighted by atomic mass is 9.55. The fourth-order valence-corrected chi connectivity index (χ4v) is 10.6. The van der Waals surface area contributed by atoms with E-state index in [2.05, 4.69) is 45.5 Å². The number of aliphatic carboxylic acids is 1. The first-order valence-corrected chi connectivity index (χ1v) is 20.4. The Bertz CT molecular complexity index is 2110.